The zero-order chi connectivity index (χ0) is 28.0. The molecule has 2 atom stereocenters. The van der Waals surface area contributed by atoms with Crippen LogP contribution < -0.4 is 20.9 Å². The van der Waals surface area contributed by atoms with Crippen LogP contribution in [-0.4, -0.2) is 82.0 Å². The minimum atomic E-state index is -0.412. The highest BCUT2D eigenvalue weighted by molar-refractivity contribution is 6.36. The number of amides is 1. The Balaban J connectivity index is 1.21. The molecule has 3 aromatic rings. The number of benzene rings is 1. The molecule has 1 saturated carbocycles. The van der Waals surface area contributed by atoms with Gasteiger partial charge in [-0.25, -0.2) is 9.78 Å². The van der Waals surface area contributed by atoms with Gasteiger partial charge < -0.3 is 25.6 Å². The van der Waals surface area contributed by atoms with E-state index in [-0.39, 0.29) is 17.7 Å². The van der Waals surface area contributed by atoms with E-state index in [1.165, 1.54) is 17.8 Å². The van der Waals surface area contributed by atoms with E-state index in [9.17, 15) is 15.3 Å². The van der Waals surface area contributed by atoms with Crippen LogP contribution in [0.4, 0.5) is 27.9 Å². The number of nitrogens with zero attached hydrogens (tertiary/aromatic N) is 8. The molecule has 3 N–H and O–H groups in total. The molecule has 1 aliphatic carbocycles. The lowest BCUT2D eigenvalue weighted by molar-refractivity contribution is 0.162. The van der Waals surface area contributed by atoms with Gasteiger partial charge in [0, 0.05) is 44.3 Å². The normalized spacial score (nSPS) is 21.0. The Morgan fingerprint density at radius 3 is 2.67 bits per heavy atom. The van der Waals surface area contributed by atoms with Gasteiger partial charge in [0.1, 0.15) is 6.07 Å². The number of alkyl carbamates (subject to hydrolysis) is 1. The molecule has 206 valence electrons. The molecule has 40 heavy (non-hydrogen) atoms. The van der Waals surface area contributed by atoms with Crippen molar-refractivity contribution in [3.05, 3.63) is 34.6 Å². The summed E-state index contributed by atoms with van der Waals surface area (Å²) in [5.74, 6) is 1.06. The van der Waals surface area contributed by atoms with E-state index in [4.69, 9.17) is 16.3 Å². The van der Waals surface area contributed by atoms with E-state index in [0.717, 1.165) is 44.7 Å². The van der Waals surface area contributed by atoms with Crippen LogP contribution in [0.3, 0.4) is 0 Å². The number of hydrogen-bond donors (Lipinski definition) is 3. The fraction of sp³-hybridized carbons (Fsp3) is 0.462. The van der Waals surface area contributed by atoms with Crippen LogP contribution in [0.5, 0.6) is 0 Å². The van der Waals surface area contributed by atoms with E-state index in [1.54, 1.807) is 12.1 Å². The Labute approximate surface area is 235 Å². The summed E-state index contributed by atoms with van der Waals surface area (Å²) in [4.78, 5) is 25.1. The second-order valence-corrected chi connectivity index (χ2v) is 10.9. The van der Waals surface area contributed by atoms with Crippen molar-refractivity contribution in [2.24, 2.45) is 5.92 Å². The van der Waals surface area contributed by atoms with Crippen molar-refractivity contribution in [1.29, 1.82) is 10.5 Å². The first-order chi connectivity index (χ1) is 19.4. The lowest BCUT2D eigenvalue weighted by Crippen LogP contribution is -2.59. The zero-order valence-electron chi connectivity index (χ0n) is 22.1. The number of imidazole rings is 1. The Morgan fingerprint density at radius 1 is 1.18 bits per heavy atom. The standard InChI is InChI=1S/C26H28ClN11O2/c1-14-10-36(13-20(14)33-26(39)40-2)18-11-37(12-18)21-6-15(7-28)5-19(22(21)27)32-25-34-23(31-16-3-4-16)24-30-9-17(8-29)38(24)35-25/h5-6,9,14,16,18,20H,3-4,10-13H2,1-2H3,(H,33,39)(H2,31,32,34,35)/t14-,20+/m0/s1. The van der Waals surface area contributed by atoms with Crippen molar-refractivity contribution in [1.82, 2.24) is 29.8 Å². The van der Waals surface area contributed by atoms with Crippen molar-refractivity contribution >= 4 is 46.5 Å². The molecule has 0 radical (unpaired) electrons. The first kappa shape index (κ1) is 25.9. The fourth-order valence-corrected chi connectivity index (χ4v) is 5.50. The summed E-state index contributed by atoms with van der Waals surface area (Å²) in [5.41, 5.74) is 2.43. The van der Waals surface area contributed by atoms with Crippen molar-refractivity contribution in [2.75, 3.05) is 48.8 Å². The Bertz CT molecular complexity index is 1550. The average molecular weight is 562 g/mol. The Kier molecular flexibility index (Phi) is 6.70. The van der Waals surface area contributed by atoms with Crippen molar-refractivity contribution < 1.29 is 9.53 Å². The van der Waals surface area contributed by atoms with Crippen LogP contribution >= 0.6 is 11.6 Å². The predicted octanol–water partition coefficient (Wildman–Crippen LogP) is 2.70. The monoisotopic (exact) mass is 561 g/mol. The number of aromatic nitrogens is 4. The number of nitriles is 2. The van der Waals surface area contributed by atoms with Crippen LogP contribution in [0.25, 0.3) is 5.65 Å². The smallest absolute Gasteiger partial charge is 0.407 e. The van der Waals surface area contributed by atoms with Gasteiger partial charge in [0.2, 0.25) is 5.95 Å². The van der Waals surface area contributed by atoms with E-state index < -0.39 is 6.09 Å². The number of carbonyl (C=O) groups excluding carboxylic acids is 1. The van der Waals surface area contributed by atoms with Gasteiger partial charge in [-0.15, -0.1) is 5.10 Å². The summed E-state index contributed by atoms with van der Waals surface area (Å²) in [6.07, 6.45) is 3.13. The van der Waals surface area contributed by atoms with E-state index >= 15 is 0 Å². The topological polar surface area (TPSA) is 160 Å². The Morgan fingerprint density at radius 2 is 1.98 bits per heavy atom. The van der Waals surface area contributed by atoms with Crippen LogP contribution in [0.1, 0.15) is 31.0 Å². The number of carbonyl (C=O) groups is 1. The van der Waals surface area contributed by atoms with Gasteiger partial charge in [0.25, 0.3) is 0 Å². The third-order valence-electron chi connectivity index (χ3n) is 7.67. The number of methoxy groups -OCH3 is 1. The molecule has 2 aliphatic heterocycles. The zero-order valence-corrected chi connectivity index (χ0v) is 22.8. The second kappa shape index (κ2) is 10.3. The van der Waals surface area contributed by atoms with Crippen molar-refractivity contribution in [2.45, 2.75) is 37.9 Å². The van der Waals surface area contributed by atoms with Crippen molar-refractivity contribution in [3.63, 3.8) is 0 Å². The van der Waals surface area contributed by atoms with Gasteiger partial charge in [-0.1, -0.05) is 18.5 Å². The van der Waals surface area contributed by atoms with Gasteiger partial charge in [0.15, 0.2) is 17.2 Å². The molecule has 13 nitrogen and oxygen atoms in total. The summed E-state index contributed by atoms with van der Waals surface area (Å²) < 4.78 is 6.21. The third-order valence-corrected chi connectivity index (χ3v) is 8.07. The first-order valence-corrected chi connectivity index (χ1v) is 13.5. The molecule has 0 spiro atoms. The van der Waals surface area contributed by atoms with Crippen LogP contribution in [-0.2, 0) is 4.74 Å². The maximum absolute atomic E-state index is 11.7. The first-order valence-electron chi connectivity index (χ1n) is 13.1. The number of halogens is 1. The predicted molar refractivity (Wildman–Crippen MR) is 148 cm³/mol. The quantitative estimate of drug-likeness (QED) is 0.389. The maximum Gasteiger partial charge on any atom is 0.407 e. The van der Waals surface area contributed by atoms with Gasteiger partial charge >= 0.3 is 6.09 Å². The highest BCUT2D eigenvalue weighted by atomic mass is 35.5. The minimum absolute atomic E-state index is 0.0384. The third kappa shape index (κ3) is 4.90. The van der Waals surface area contributed by atoms with Crippen LogP contribution in [0.2, 0.25) is 5.02 Å². The molecule has 4 heterocycles. The molecule has 2 saturated heterocycles. The molecule has 2 aromatic heterocycles. The molecule has 14 heteroatoms. The molecule has 1 aromatic carbocycles. The lowest BCUT2D eigenvalue weighted by Gasteiger charge is -2.46. The number of hydrogen-bond acceptors (Lipinski definition) is 11. The summed E-state index contributed by atoms with van der Waals surface area (Å²) >= 11 is 6.88. The molecule has 3 fully saturated rings. The summed E-state index contributed by atoms with van der Waals surface area (Å²) in [6.45, 7) is 5.23. The molecule has 1 amide bonds. The summed E-state index contributed by atoms with van der Waals surface area (Å²) in [7, 11) is 1.37. The van der Waals surface area contributed by atoms with Crippen LogP contribution in [0.15, 0.2) is 18.3 Å². The van der Waals surface area contributed by atoms with Gasteiger partial charge in [-0.2, -0.15) is 20.0 Å². The van der Waals surface area contributed by atoms with Crippen molar-refractivity contribution in [3.8, 4) is 12.1 Å². The molecule has 3 aliphatic rings. The highest BCUT2D eigenvalue weighted by Gasteiger charge is 2.40. The van der Waals surface area contributed by atoms with Gasteiger partial charge in [0.05, 0.1) is 41.3 Å². The number of ether oxygens (including phenoxy) is 1. The molecule has 6 rings (SSSR count). The highest BCUT2D eigenvalue weighted by Crippen LogP contribution is 2.39. The number of likely N-dealkylation sites (tertiary alicyclic amines) is 1. The fourth-order valence-electron chi connectivity index (χ4n) is 5.23. The number of nitrogens with one attached hydrogen (secondary N) is 3. The molecular formula is C26H28ClN11O2. The minimum Gasteiger partial charge on any atom is -0.453 e. The van der Waals surface area contributed by atoms with E-state index in [2.05, 4.69) is 59.9 Å². The maximum atomic E-state index is 11.7. The number of fused-ring (bicyclic) bond motifs is 1. The SMILES string of the molecule is COC(=O)N[C@@H]1CN(C2CN(c3cc(C#N)cc(Nc4nc(NC5CC5)c5ncc(C#N)n5n4)c3Cl)C2)C[C@@H]1C. The average Bonchev–Trinajstić information content (AvgIpc) is 3.53. The van der Waals surface area contributed by atoms with Gasteiger partial charge in [-0.05, 0) is 30.9 Å². The lowest BCUT2D eigenvalue weighted by atomic mass is 10.0. The van der Waals surface area contributed by atoms with E-state index in [0.29, 0.717) is 45.7 Å². The number of anilines is 4. The summed E-state index contributed by atoms with van der Waals surface area (Å²) in [5, 5.41) is 33.6. The van der Waals surface area contributed by atoms with Gasteiger partial charge in [-0.3, -0.25) is 4.90 Å². The summed E-state index contributed by atoms with van der Waals surface area (Å²) in [6, 6.07) is 8.42. The largest absolute Gasteiger partial charge is 0.453 e. The second-order valence-electron chi connectivity index (χ2n) is 10.5. The molecule has 0 bridgehead atoms. The number of rotatable bonds is 7. The Hall–Kier alpha value is -4.33. The molecule has 0 unspecified atom stereocenters. The van der Waals surface area contributed by atoms with Crippen LogP contribution in [0, 0.1) is 28.6 Å². The van der Waals surface area contributed by atoms with E-state index in [1.807, 2.05) is 0 Å². The molecular weight excluding hydrogens is 534 g/mol.